The second-order valence-corrected chi connectivity index (χ2v) is 8.88. The van der Waals surface area contributed by atoms with Gasteiger partial charge in [0, 0.05) is 24.6 Å². The third-order valence-electron chi connectivity index (χ3n) is 5.87. The Morgan fingerprint density at radius 1 is 1.00 bits per heavy atom. The molecule has 12 heteroatoms. The van der Waals surface area contributed by atoms with Crippen molar-refractivity contribution in [2.75, 3.05) is 33.2 Å². The van der Waals surface area contributed by atoms with Gasteiger partial charge < -0.3 is 24.4 Å². The first-order valence-electron chi connectivity index (χ1n) is 11.7. The van der Waals surface area contributed by atoms with Gasteiger partial charge in [-0.2, -0.15) is 13.2 Å². The minimum Gasteiger partial charge on any atom is -0.542 e. The van der Waals surface area contributed by atoms with Crippen molar-refractivity contribution in [3.63, 3.8) is 0 Å². The van der Waals surface area contributed by atoms with Crippen LogP contribution < -0.4 is 15.2 Å². The molecule has 1 aromatic heterocycles. The number of carbonyl (C=O) groups excluding carboxylic acids is 2. The number of rotatable bonds is 7. The average Bonchev–Trinajstić information content (AvgIpc) is 3.32. The Balaban J connectivity index is 0.000000505. The Morgan fingerprint density at radius 2 is 1.55 bits per heavy atom. The van der Waals surface area contributed by atoms with Gasteiger partial charge >= 0.3 is 6.18 Å². The normalized spacial score (nSPS) is 14.2. The quantitative estimate of drug-likeness (QED) is 0.368. The lowest BCUT2D eigenvalue weighted by atomic mass is 10.1. The highest BCUT2D eigenvalue weighted by molar-refractivity contribution is 5.90. The molecule has 1 amide bonds. The molecule has 1 N–H and O–H groups in total. The van der Waals surface area contributed by atoms with Gasteiger partial charge in [0.15, 0.2) is 0 Å². The molecule has 0 aliphatic carbocycles. The number of likely N-dealkylation sites (tertiary alicyclic amines) is 1. The fourth-order valence-electron chi connectivity index (χ4n) is 3.80. The molecule has 1 aliphatic heterocycles. The second-order valence-electron chi connectivity index (χ2n) is 8.88. The number of likely N-dealkylation sites (N-methyl/N-ethyl adjacent to an activating group) is 1. The van der Waals surface area contributed by atoms with E-state index in [4.69, 9.17) is 14.6 Å². The summed E-state index contributed by atoms with van der Waals surface area (Å²) in [5.74, 6) is -2.23. The van der Waals surface area contributed by atoms with Crippen LogP contribution in [0.25, 0.3) is 11.3 Å². The molecule has 1 saturated heterocycles. The van der Waals surface area contributed by atoms with Gasteiger partial charge in [0.2, 0.25) is 5.82 Å². The van der Waals surface area contributed by atoms with E-state index in [0.717, 1.165) is 16.6 Å². The number of quaternary nitrogens is 1. The fourth-order valence-corrected chi connectivity index (χ4v) is 3.80. The van der Waals surface area contributed by atoms with Gasteiger partial charge in [-0.15, -0.1) is 0 Å². The van der Waals surface area contributed by atoms with Crippen molar-refractivity contribution in [3.05, 3.63) is 72.4 Å². The summed E-state index contributed by atoms with van der Waals surface area (Å²) in [6, 6.07) is 15.0. The number of nitrogens with zero attached hydrogens (tertiary/aromatic N) is 3. The van der Waals surface area contributed by atoms with Crippen LogP contribution in [0, 0.1) is 5.82 Å². The zero-order valence-corrected chi connectivity index (χ0v) is 20.5. The van der Waals surface area contributed by atoms with E-state index in [2.05, 4.69) is 22.3 Å². The predicted octanol–water partition coefficient (Wildman–Crippen LogP) is 3.34. The van der Waals surface area contributed by atoms with Crippen LogP contribution in [0.4, 0.5) is 17.6 Å². The molecule has 1 aliphatic rings. The van der Waals surface area contributed by atoms with Crippen LogP contribution in [0.15, 0.2) is 60.8 Å². The Labute approximate surface area is 216 Å². The van der Waals surface area contributed by atoms with Crippen molar-refractivity contribution in [1.82, 2.24) is 15.3 Å². The standard InChI is InChI=1S/C24H25FN4O2.C2HF3O2/c1-29(15-2-3-16-29)17-14-27-24(30)23-26-13-12-22(28-23)18-4-8-20(9-5-18)31-21-10-6-19(25)7-11-21;3-2(4,5)1(6)7/h4-13H,2-3,14-17H2,1H3;(H,6,7). The largest absolute Gasteiger partial charge is 0.542 e. The number of hydrogen-bond acceptors (Lipinski definition) is 6. The molecule has 0 radical (unpaired) electrons. The van der Waals surface area contributed by atoms with Gasteiger partial charge in [-0.05, 0) is 54.6 Å². The number of halogens is 4. The van der Waals surface area contributed by atoms with Crippen LogP contribution in [0.3, 0.4) is 0 Å². The third-order valence-corrected chi connectivity index (χ3v) is 5.87. The maximum absolute atomic E-state index is 13.0. The monoisotopic (exact) mass is 534 g/mol. The van der Waals surface area contributed by atoms with Crippen LogP contribution in [0.2, 0.25) is 0 Å². The molecule has 0 atom stereocenters. The molecule has 0 bridgehead atoms. The summed E-state index contributed by atoms with van der Waals surface area (Å²) < 4.78 is 51.3. The Kier molecular flexibility index (Phi) is 9.35. The number of aliphatic carboxylic acids is 1. The SMILES string of the molecule is C[N+]1(CCNC(=O)c2nccc(-c3ccc(Oc4ccc(F)cc4)cc3)n2)CCCC1.O=C([O-])C(F)(F)F. The minimum atomic E-state index is -5.19. The minimum absolute atomic E-state index is 0.160. The predicted molar refractivity (Wildman–Crippen MR) is 127 cm³/mol. The molecule has 4 rings (SSSR count). The number of hydrogen-bond donors (Lipinski definition) is 1. The van der Waals surface area contributed by atoms with Crippen molar-refractivity contribution in [2.24, 2.45) is 0 Å². The number of ether oxygens (including phenoxy) is 1. The van der Waals surface area contributed by atoms with Gasteiger partial charge in [-0.3, -0.25) is 4.79 Å². The number of carbonyl (C=O) groups is 2. The van der Waals surface area contributed by atoms with Crippen LogP contribution in [0.5, 0.6) is 11.5 Å². The van der Waals surface area contributed by atoms with E-state index in [9.17, 15) is 22.4 Å². The lowest BCUT2D eigenvalue weighted by molar-refractivity contribution is -0.896. The van der Waals surface area contributed by atoms with Gasteiger partial charge in [-0.1, -0.05) is 0 Å². The molecular weight excluding hydrogens is 508 g/mol. The van der Waals surface area contributed by atoms with Gasteiger partial charge in [0.05, 0.1) is 38.9 Å². The highest BCUT2D eigenvalue weighted by Gasteiger charge is 2.29. The zero-order chi connectivity index (χ0) is 27.8. The van der Waals surface area contributed by atoms with Gasteiger partial charge in [0.25, 0.3) is 5.91 Å². The first kappa shape index (κ1) is 28.5. The van der Waals surface area contributed by atoms with Crippen molar-refractivity contribution in [3.8, 4) is 22.8 Å². The Bertz CT molecular complexity index is 1230. The topological polar surface area (TPSA) is 104 Å². The highest BCUT2D eigenvalue weighted by atomic mass is 19.4. The van der Waals surface area contributed by atoms with E-state index >= 15 is 0 Å². The molecule has 3 aromatic rings. The summed E-state index contributed by atoms with van der Waals surface area (Å²) >= 11 is 0. The van der Waals surface area contributed by atoms with Gasteiger partial charge in [0.1, 0.15) is 23.3 Å². The fraction of sp³-hybridized carbons (Fsp3) is 0.308. The van der Waals surface area contributed by atoms with Crippen molar-refractivity contribution in [1.29, 1.82) is 0 Å². The third kappa shape index (κ3) is 8.51. The molecule has 8 nitrogen and oxygen atoms in total. The van der Waals surface area contributed by atoms with Crippen molar-refractivity contribution < 1.29 is 41.5 Å². The summed E-state index contributed by atoms with van der Waals surface area (Å²) in [5, 5.41) is 11.7. The van der Waals surface area contributed by atoms with E-state index in [1.54, 1.807) is 36.5 Å². The van der Waals surface area contributed by atoms with E-state index in [-0.39, 0.29) is 17.5 Å². The number of nitrogens with one attached hydrogen (secondary N) is 1. The summed E-state index contributed by atoms with van der Waals surface area (Å²) in [5.41, 5.74) is 1.50. The highest BCUT2D eigenvalue weighted by Crippen LogP contribution is 2.25. The Hall–Kier alpha value is -4.06. The van der Waals surface area contributed by atoms with E-state index in [1.807, 2.05) is 12.1 Å². The summed E-state index contributed by atoms with van der Waals surface area (Å²) in [7, 11) is 2.24. The molecule has 1 fully saturated rings. The first-order valence-corrected chi connectivity index (χ1v) is 11.7. The van der Waals surface area contributed by atoms with E-state index in [1.165, 1.54) is 38.1 Å². The van der Waals surface area contributed by atoms with Crippen LogP contribution in [0.1, 0.15) is 23.5 Å². The van der Waals surface area contributed by atoms with Crippen LogP contribution in [-0.2, 0) is 4.79 Å². The first-order chi connectivity index (χ1) is 17.9. The molecule has 202 valence electrons. The number of carboxylic acids is 1. The molecule has 0 spiro atoms. The molecule has 2 heterocycles. The second kappa shape index (κ2) is 12.5. The lowest BCUT2D eigenvalue weighted by Gasteiger charge is -2.29. The molecule has 0 saturated carbocycles. The van der Waals surface area contributed by atoms with E-state index in [0.29, 0.717) is 23.7 Å². The number of amides is 1. The van der Waals surface area contributed by atoms with Crippen LogP contribution in [-0.4, -0.2) is 65.7 Å². The Morgan fingerprint density at radius 3 is 2.11 bits per heavy atom. The summed E-state index contributed by atoms with van der Waals surface area (Å²) in [6.45, 7) is 3.87. The smallest absolute Gasteiger partial charge is 0.430 e. The molecule has 2 aromatic carbocycles. The average molecular weight is 535 g/mol. The molecule has 0 unspecified atom stereocenters. The van der Waals surface area contributed by atoms with Crippen molar-refractivity contribution in [2.45, 2.75) is 19.0 Å². The van der Waals surface area contributed by atoms with Gasteiger partial charge in [-0.25, -0.2) is 14.4 Å². The maximum atomic E-state index is 13.0. The lowest BCUT2D eigenvalue weighted by Crippen LogP contribution is -2.46. The van der Waals surface area contributed by atoms with Crippen LogP contribution >= 0.6 is 0 Å². The number of alkyl halides is 3. The number of carboxylic acid groups (broad SMARTS) is 1. The molecular formula is C26H26F4N4O4. The van der Waals surface area contributed by atoms with E-state index < -0.39 is 12.1 Å². The zero-order valence-electron chi connectivity index (χ0n) is 20.5. The summed E-state index contributed by atoms with van der Waals surface area (Å²) in [4.78, 5) is 29.8. The van der Waals surface area contributed by atoms with Crippen molar-refractivity contribution >= 4 is 11.9 Å². The number of benzene rings is 2. The molecule has 38 heavy (non-hydrogen) atoms. The maximum Gasteiger partial charge on any atom is 0.430 e. The number of aromatic nitrogens is 2. The summed E-state index contributed by atoms with van der Waals surface area (Å²) in [6.07, 6.45) is -1.10.